The van der Waals surface area contributed by atoms with Crippen molar-refractivity contribution in [2.24, 2.45) is 0 Å². The van der Waals surface area contributed by atoms with Crippen LogP contribution in [-0.2, 0) is 9.59 Å². The molecule has 0 aliphatic heterocycles. The van der Waals surface area contributed by atoms with E-state index in [2.05, 4.69) is 13.8 Å². The van der Waals surface area contributed by atoms with E-state index in [1.165, 1.54) is 146 Å². The van der Waals surface area contributed by atoms with E-state index in [0.29, 0.717) is 12.8 Å². The highest BCUT2D eigenvalue weighted by Crippen LogP contribution is 2.15. The first kappa shape index (κ1) is 35.1. The molecule has 36 heavy (non-hydrogen) atoms. The quantitative estimate of drug-likeness (QED) is 0.0987. The topological polar surface area (TPSA) is 37.4 Å². The smallest absolute Gasteiger partial charge is 0.228 e. The van der Waals surface area contributed by atoms with Crippen LogP contribution in [0.5, 0.6) is 0 Å². The molecule has 0 aromatic heterocycles. The molecular weight excluding hydrogens is 442 g/mol. The Morgan fingerprint density at radius 2 is 0.556 bits per heavy atom. The van der Waals surface area contributed by atoms with Crippen molar-refractivity contribution in [2.75, 3.05) is 7.05 Å². The molecule has 2 amide bonds. The Morgan fingerprint density at radius 1 is 0.361 bits per heavy atom. The Balaban J connectivity index is 3.44. The summed E-state index contributed by atoms with van der Waals surface area (Å²) in [5.41, 5.74) is 0. The third kappa shape index (κ3) is 24.8. The molecule has 3 nitrogen and oxygen atoms in total. The Bertz CT molecular complexity index is 434. The van der Waals surface area contributed by atoms with Crippen LogP contribution in [0.3, 0.4) is 0 Å². The van der Waals surface area contributed by atoms with Crippen molar-refractivity contribution in [3.63, 3.8) is 0 Å². The monoisotopic (exact) mass is 508 g/mol. The van der Waals surface area contributed by atoms with Crippen molar-refractivity contribution < 1.29 is 9.59 Å². The van der Waals surface area contributed by atoms with Gasteiger partial charge >= 0.3 is 0 Å². The maximum Gasteiger partial charge on any atom is 0.228 e. The van der Waals surface area contributed by atoms with Gasteiger partial charge in [-0.25, -0.2) is 0 Å². The molecule has 3 heteroatoms. The fraction of sp³-hybridized carbons (Fsp3) is 0.939. The van der Waals surface area contributed by atoms with Crippen molar-refractivity contribution in [1.29, 1.82) is 0 Å². The van der Waals surface area contributed by atoms with Gasteiger partial charge in [0.25, 0.3) is 0 Å². The van der Waals surface area contributed by atoms with Gasteiger partial charge in [-0.1, -0.05) is 168 Å². The van der Waals surface area contributed by atoms with E-state index >= 15 is 0 Å². The Kier molecular flexibility index (Phi) is 28.0. The van der Waals surface area contributed by atoms with Gasteiger partial charge in [-0.2, -0.15) is 0 Å². The molecule has 0 bridgehead atoms. The maximum absolute atomic E-state index is 12.3. The van der Waals surface area contributed by atoms with Crippen LogP contribution in [0.1, 0.15) is 194 Å². The molecule has 0 fully saturated rings. The van der Waals surface area contributed by atoms with E-state index in [1.54, 1.807) is 7.05 Å². The zero-order chi connectivity index (χ0) is 26.5. The average Bonchev–Trinajstić information content (AvgIpc) is 2.88. The fourth-order valence-electron chi connectivity index (χ4n) is 5.06. The second kappa shape index (κ2) is 28.7. The lowest BCUT2D eigenvalue weighted by Gasteiger charge is -2.15. The van der Waals surface area contributed by atoms with E-state index in [4.69, 9.17) is 0 Å². The molecule has 0 aliphatic rings. The third-order valence-electron chi connectivity index (χ3n) is 7.74. The summed E-state index contributed by atoms with van der Waals surface area (Å²) in [4.78, 5) is 26.0. The van der Waals surface area contributed by atoms with Crippen LogP contribution in [0, 0.1) is 0 Å². The van der Waals surface area contributed by atoms with Crippen molar-refractivity contribution in [2.45, 2.75) is 194 Å². The summed E-state index contributed by atoms with van der Waals surface area (Å²) in [5.74, 6) is 0.0236. The van der Waals surface area contributed by atoms with E-state index < -0.39 is 0 Å². The van der Waals surface area contributed by atoms with Crippen LogP contribution >= 0.6 is 0 Å². The lowest BCUT2D eigenvalue weighted by Crippen LogP contribution is -2.32. The number of amides is 2. The van der Waals surface area contributed by atoms with Crippen LogP contribution in [0.4, 0.5) is 0 Å². The number of unbranched alkanes of at least 4 members (excludes halogenated alkanes) is 24. The lowest BCUT2D eigenvalue weighted by molar-refractivity contribution is -0.143. The molecule has 0 atom stereocenters. The summed E-state index contributed by atoms with van der Waals surface area (Å²) in [7, 11) is 1.68. The molecule has 0 rings (SSSR count). The zero-order valence-electron chi connectivity index (χ0n) is 25.1. The fourth-order valence-corrected chi connectivity index (χ4v) is 5.06. The molecule has 0 aromatic carbocycles. The highest BCUT2D eigenvalue weighted by molar-refractivity contribution is 5.94. The number of carbonyl (C=O) groups excluding carboxylic acids is 2. The van der Waals surface area contributed by atoms with Gasteiger partial charge in [-0.05, 0) is 12.8 Å². The largest absolute Gasteiger partial charge is 0.286 e. The predicted octanol–water partition coefficient (Wildman–Crippen LogP) is 10.9. The van der Waals surface area contributed by atoms with Gasteiger partial charge < -0.3 is 0 Å². The molecule has 0 saturated heterocycles. The summed E-state index contributed by atoms with van der Waals surface area (Å²) in [6.45, 7) is 4.55. The summed E-state index contributed by atoms with van der Waals surface area (Å²) in [6.07, 6.45) is 35.0. The number of imide groups is 1. The van der Waals surface area contributed by atoms with Crippen molar-refractivity contribution in [3.05, 3.63) is 0 Å². The van der Waals surface area contributed by atoms with Crippen LogP contribution in [0.2, 0.25) is 0 Å². The second-order valence-corrected chi connectivity index (χ2v) is 11.3. The maximum atomic E-state index is 12.3. The van der Waals surface area contributed by atoms with Gasteiger partial charge in [0.15, 0.2) is 0 Å². The van der Waals surface area contributed by atoms with Crippen LogP contribution in [-0.4, -0.2) is 23.8 Å². The molecule has 0 aliphatic carbocycles. The summed E-state index contributed by atoms with van der Waals surface area (Å²) < 4.78 is 0. The number of hydrogen-bond acceptors (Lipinski definition) is 2. The van der Waals surface area contributed by atoms with Gasteiger partial charge in [0.05, 0.1) is 0 Å². The van der Waals surface area contributed by atoms with E-state index in [1.807, 2.05) is 0 Å². The van der Waals surface area contributed by atoms with E-state index in [9.17, 15) is 9.59 Å². The predicted molar refractivity (Wildman–Crippen MR) is 158 cm³/mol. The van der Waals surface area contributed by atoms with Gasteiger partial charge in [-0.3, -0.25) is 14.5 Å². The SMILES string of the molecule is CCCCCCCCCCCCCCCC(=O)N(C)C(=O)CCCCCCCCCCCCCCC. The minimum atomic E-state index is 0.0118. The number of carbonyl (C=O) groups is 2. The minimum absolute atomic E-state index is 0.0118. The second-order valence-electron chi connectivity index (χ2n) is 11.3. The van der Waals surface area contributed by atoms with Crippen LogP contribution in [0.15, 0.2) is 0 Å². The summed E-state index contributed by atoms with van der Waals surface area (Å²) in [6, 6.07) is 0. The van der Waals surface area contributed by atoms with Crippen molar-refractivity contribution in [3.8, 4) is 0 Å². The van der Waals surface area contributed by atoms with Gasteiger partial charge in [-0.15, -0.1) is 0 Å². The van der Waals surface area contributed by atoms with Crippen molar-refractivity contribution in [1.82, 2.24) is 4.90 Å². The summed E-state index contributed by atoms with van der Waals surface area (Å²) >= 11 is 0. The minimum Gasteiger partial charge on any atom is -0.286 e. The van der Waals surface area contributed by atoms with Gasteiger partial charge in [0, 0.05) is 19.9 Å². The number of nitrogens with zero attached hydrogens (tertiary/aromatic N) is 1. The van der Waals surface area contributed by atoms with Crippen LogP contribution < -0.4 is 0 Å². The summed E-state index contributed by atoms with van der Waals surface area (Å²) in [5, 5.41) is 0. The van der Waals surface area contributed by atoms with Crippen molar-refractivity contribution >= 4 is 11.8 Å². The first-order valence-corrected chi connectivity index (χ1v) is 16.4. The average molecular weight is 508 g/mol. The normalized spacial score (nSPS) is 11.2. The van der Waals surface area contributed by atoms with Gasteiger partial charge in [0.2, 0.25) is 11.8 Å². The molecule has 0 heterocycles. The first-order chi connectivity index (χ1) is 17.6. The molecule has 0 saturated carbocycles. The number of rotatable bonds is 28. The van der Waals surface area contributed by atoms with Gasteiger partial charge in [0.1, 0.15) is 0 Å². The number of hydrogen-bond donors (Lipinski definition) is 0. The van der Waals surface area contributed by atoms with E-state index in [0.717, 1.165) is 25.7 Å². The van der Waals surface area contributed by atoms with E-state index in [-0.39, 0.29) is 11.8 Å². The highest BCUT2D eigenvalue weighted by Gasteiger charge is 2.15. The third-order valence-corrected chi connectivity index (χ3v) is 7.74. The molecule has 0 radical (unpaired) electrons. The standard InChI is InChI=1S/C33H65NO2/c1-4-6-8-10-12-14-16-18-20-22-24-26-28-30-32(35)34(3)33(36)31-29-27-25-23-21-19-17-15-13-11-9-7-5-2/h4-31H2,1-3H3. The lowest BCUT2D eigenvalue weighted by atomic mass is 10.0. The molecule has 0 aromatic rings. The Labute approximate surface area is 227 Å². The first-order valence-electron chi connectivity index (χ1n) is 16.4. The molecule has 0 unspecified atom stereocenters. The molecule has 0 spiro atoms. The molecule has 214 valence electrons. The highest BCUT2D eigenvalue weighted by atomic mass is 16.2. The zero-order valence-corrected chi connectivity index (χ0v) is 25.1. The Hall–Kier alpha value is -0.860. The van der Waals surface area contributed by atoms with Crippen LogP contribution in [0.25, 0.3) is 0 Å². The molecular formula is C33H65NO2. The molecule has 0 N–H and O–H groups in total. The Morgan fingerprint density at radius 3 is 0.778 bits per heavy atom.